The van der Waals surface area contributed by atoms with E-state index >= 15 is 0 Å². The lowest BCUT2D eigenvalue weighted by molar-refractivity contribution is -0.894. The number of thiocarbonyl (C=S) groups is 1. The van der Waals surface area contributed by atoms with Crippen molar-refractivity contribution in [3.63, 3.8) is 0 Å². The van der Waals surface area contributed by atoms with Crippen LogP contribution in [0.25, 0.3) is 0 Å². The fourth-order valence-corrected chi connectivity index (χ4v) is 1.86. The molecule has 1 fully saturated rings. The van der Waals surface area contributed by atoms with Crippen LogP contribution in [-0.4, -0.2) is 55.2 Å². The molecule has 0 aliphatic carbocycles. The van der Waals surface area contributed by atoms with E-state index in [1.807, 2.05) is 4.90 Å². The molecule has 0 amide bonds. The van der Waals surface area contributed by atoms with E-state index in [2.05, 4.69) is 20.8 Å². The number of morpholine rings is 1. The van der Waals surface area contributed by atoms with Crippen LogP contribution in [-0.2, 0) is 17.4 Å². The standard InChI is InChI=1S/C6H15N.C5H9NOS2/c1-4-7(5-2)6-3;8-5(9)6-1-3-7-4-2-6/h4-6H2,1-3H3;1-4H2,(H,8,9). The molecule has 0 radical (unpaired) electrons. The summed E-state index contributed by atoms with van der Waals surface area (Å²) in [5.41, 5.74) is 0. The van der Waals surface area contributed by atoms with Gasteiger partial charge in [0.25, 0.3) is 0 Å². The van der Waals surface area contributed by atoms with E-state index in [0.717, 1.165) is 26.3 Å². The highest BCUT2D eigenvalue weighted by Crippen LogP contribution is 1.96. The molecule has 1 N–H and O–H groups in total. The predicted molar refractivity (Wildman–Crippen MR) is 74.9 cm³/mol. The molecule has 0 aromatic rings. The average molecular weight is 264 g/mol. The van der Waals surface area contributed by atoms with Crippen molar-refractivity contribution in [3.8, 4) is 0 Å². The minimum Gasteiger partial charge on any atom is -0.411 e. The highest BCUT2D eigenvalue weighted by molar-refractivity contribution is 8.00. The van der Waals surface area contributed by atoms with Crippen molar-refractivity contribution in [2.24, 2.45) is 0 Å². The van der Waals surface area contributed by atoms with E-state index in [4.69, 9.17) is 29.6 Å². The summed E-state index contributed by atoms with van der Waals surface area (Å²) in [4.78, 5) is 3.66. The van der Waals surface area contributed by atoms with Crippen LogP contribution in [0.15, 0.2) is 0 Å². The van der Waals surface area contributed by atoms with Crippen LogP contribution in [0.1, 0.15) is 20.8 Å². The van der Waals surface area contributed by atoms with Crippen LogP contribution >= 0.6 is 12.2 Å². The van der Waals surface area contributed by atoms with Gasteiger partial charge in [0.2, 0.25) is 0 Å². The van der Waals surface area contributed by atoms with Gasteiger partial charge in [0.1, 0.15) is 0 Å². The van der Waals surface area contributed by atoms with Gasteiger partial charge in [0.15, 0.2) is 0 Å². The number of hydrogen-bond donors (Lipinski definition) is 1. The zero-order chi connectivity index (χ0) is 12.4. The molecule has 5 heteroatoms. The van der Waals surface area contributed by atoms with Crippen LogP contribution in [0, 0.1) is 0 Å². The molecule has 1 rings (SSSR count). The van der Waals surface area contributed by atoms with Crippen molar-refractivity contribution < 1.29 is 9.64 Å². The van der Waals surface area contributed by atoms with E-state index in [0.29, 0.717) is 4.32 Å². The van der Waals surface area contributed by atoms with Gasteiger partial charge in [0.05, 0.1) is 32.8 Å². The Balaban J connectivity index is 0.000000293. The SMILES string of the molecule is CC[NH+](CC)CC.S=C([S-])N1CCOCC1. The van der Waals surface area contributed by atoms with Crippen molar-refractivity contribution >= 4 is 29.2 Å². The van der Waals surface area contributed by atoms with E-state index in [9.17, 15) is 0 Å². The Hall–Kier alpha value is 0.0300. The molecule has 0 atom stereocenters. The van der Waals surface area contributed by atoms with E-state index in [1.165, 1.54) is 19.6 Å². The van der Waals surface area contributed by atoms with E-state index in [-0.39, 0.29) is 0 Å². The van der Waals surface area contributed by atoms with Gasteiger partial charge in [-0.15, -0.1) is 0 Å². The number of nitrogens with one attached hydrogen (secondary N) is 1. The lowest BCUT2D eigenvalue weighted by atomic mass is 10.5. The lowest BCUT2D eigenvalue weighted by Gasteiger charge is -2.31. The van der Waals surface area contributed by atoms with Crippen molar-refractivity contribution in [1.82, 2.24) is 4.90 Å². The first-order chi connectivity index (χ1) is 7.65. The summed E-state index contributed by atoms with van der Waals surface area (Å²) in [6, 6.07) is 0. The van der Waals surface area contributed by atoms with Crippen LogP contribution < -0.4 is 4.90 Å². The molecular weight excluding hydrogens is 240 g/mol. The number of nitrogens with zero attached hydrogens (tertiary/aromatic N) is 1. The summed E-state index contributed by atoms with van der Waals surface area (Å²) in [6.07, 6.45) is 0. The molecule has 1 aliphatic rings. The van der Waals surface area contributed by atoms with Gasteiger partial charge < -0.3 is 39.4 Å². The molecule has 96 valence electrons. The molecule has 16 heavy (non-hydrogen) atoms. The number of rotatable bonds is 3. The quantitative estimate of drug-likeness (QED) is 0.574. The molecule has 0 bridgehead atoms. The fraction of sp³-hybridized carbons (Fsp3) is 0.909. The van der Waals surface area contributed by atoms with Crippen molar-refractivity contribution in [1.29, 1.82) is 0 Å². The highest BCUT2D eigenvalue weighted by Gasteiger charge is 2.05. The Kier molecular flexibility index (Phi) is 10.2. The summed E-state index contributed by atoms with van der Waals surface area (Å²) in [5, 5.41) is 0. The molecule has 0 saturated carbocycles. The van der Waals surface area contributed by atoms with Gasteiger partial charge >= 0.3 is 0 Å². The van der Waals surface area contributed by atoms with Gasteiger partial charge in [0, 0.05) is 13.1 Å². The summed E-state index contributed by atoms with van der Waals surface area (Å²) in [6.45, 7) is 13.7. The molecule has 0 aromatic heterocycles. The van der Waals surface area contributed by atoms with Crippen molar-refractivity contribution in [3.05, 3.63) is 0 Å². The second kappa shape index (κ2) is 10.2. The lowest BCUT2D eigenvalue weighted by Crippen LogP contribution is -3.11. The smallest absolute Gasteiger partial charge is 0.0742 e. The Morgan fingerprint density at radius 2 is 1.62 bits per heavy atom. The normalized spacial score (nSPS) is 15.6. The van der Waals surface area contributed by atoms with Crippen LogP contribution in [0.4, 0.5) is 0 Å². The maximum absolute atomic E-state index is 5.10. The zero-order valence-corrected chi connectivity index (χ0v) is 12.3. The highest BCUT2D eigenvalue weighted by atomic mass is 32.1. The predicted octanol–water partition coefficient (Wildman–Crippen LogP) is 0.0814. The second-order valence-corrected chi connectivity index (χ2v) is 4.71. The number of hydrogen-bond acceptors (Lipinski definition) is 3. The van der Waals surface area contributed by atoms with Gasteiger partial charge in [-0.2, -0.15) is 0 Å². The first kappa shape index (κ1) is 16.0. The van der Waals surface area contributed by atoms with Gasteiger partial charge in [-0.1, -0.05) is 4.32 Å². The van der Waals surface area contributed by atoms with Crippen molar-refractivity contribution in [2.75, 3.05) is 45.9 Å². The second-order valence-electron chi connectivity index (χ2n) is 3.68. The maximum atomic E-state index is 5.10. The monoisotopic (exact) mass is 264 g/mol. The molecule has 1 aliphatic heterocycles. The van der Waals surface area contributed by atoms with Gasteiger partial charge in [-0.3, -0.25) is 0 Å². The first-order valence-electron chi connectivity index (χ1n) is 6.02. The molecule has 3 nitrogen and oxygen atoms in total. The Morgan fingerprint density at radius 1 is 1.19 bits per heavy atom. The summed E-state index contributed by atoms with van der Waals surface area (Å²) >= 11 is 9.60. The largest absolute Gasteiger partial charge is 0.411 e. The van der Waals surface area contributed by atoms with Crippen molar-refractivity contribution in [2.45, 2.75) is 20.8 Å². The molecule has 0 spiro atoms. The third-order valence-corrected chi connectivity index (χ3v) is 3.29. The number of ether oxygens (including phenoxy) is 1. The van der Waals surface area contributed by atoms with Gasteiger partial charge in [-0.05, 0) is 20.8 Å². The average Bonchev–Trinajstić information content (AvgIpc) is 2.33. The Bertz CT molecular complexity index is 175. The maximum Gasteiger partial charge on any atom is 0.0742 e. The molecule has 1 saturated heterocycles. The topological polar surface area (TPSA) is 16.9 Å². The zero-order valence-electron chi connectivity index (χ0n) is 10.6. The molecular formula is C11H24N2OS2. The summed E-state index contributed by atoms with van der Waals surface area (Å²) in [7, 11) is 0. The summed E-state index contributed by atoms with van der Waals surface area (Å²) in [5.74, 6) is 0. The molecule has 1 heterocycles. The van der Waals surface area contributed by atoms with Gasteiger partial charge in [-0.25, -0.2) is 0 Å². The van der Waals surface area contributed by atoms with E-state index in [1.54, 1.807) is 4.90 Å². The first-order valence-corrected chi connectivity index (χ1v) is 6.84. The molecule has 0 unspecified atom stereocenters. The van der Waals surface area contributed by atoms with Crippen LogP contribution in [0.5, 0.6) is 0 Å². The minimum absolute atomic E-state index is 0.568. The Labute approximate surface area is 111 Å². The molecule has 0 aromatic carbocycles. The Morgan fingerprint density at radius 3 is 1.81 bits per heavy atom. The summed E-state index contributed by atoms with van der Waals surface area (Å²) < 4.78 is 5.67. The van der Waals surface area contributed by atoms with E-state index < -0.39 is 0 Å². The minimum atomic E-state index is 0.568. The fourth-order valence-electron chi connectivity index (χ4n) is 1.50. The van der Waals surface area contributed by atoms with Crippen LogP contribution in [0.2, 0.25) is 0 Å². The number of quaternary nitrogens is 1. The third kappa shape index (κ3) is 7.33. The third-order valence-electron chi connectivity index (χ3n) is 2.77. The van der Waals surface area contributed by atoms with Crippen LogP contribution in [0.3, 0.4) is 0 Å².